The lowest BCUT2D eigenvalue weighted by Crippen LogP contribution is -2.42. The summed E-state index contributed by atoms with van der Waals surface area (Å²) in [5, 5.41) is 5.91. The van der Waals surface area contributed by atoms with E-state index in [1.54, 1.807) is 0 Å². The fraction of sp³-hybridized carbons (Fsp3) is 0.429. The molecule has 1 rings (SSSR count). The van der Waals surface area contributed by atoms with Gasteiger partial charge in [-0.15, -0.1) is 0 Å². The maximum Gasteiger partial charge on any atom is 0.237 e. The number of nitrogens with one attached hydrogen (secondary N) is 1. The van der Waals surface area contributed by atoms with E-state index in [9.17, 15) is 9.59 Å². The predicted molar refractivity (Wildman–Crippen MR) is 47.9 cm³/mol. The molecule has 0 aliphatic carbocycles. The van der Waals surface area contributed by atoms with Crippen molar-refractivity contribution in [3.63, 3.8) is 0 Å². The lowest BCUT2D eigenvalue weighted by molar-refractivity contribution is -0.126. The molecule has 5 N–H and O–H groups in total. The Hall–Kier alpha value is -1.96. The van der Waals surface area contributed by atoms with Crippen LogP contribution in [0.1, 0.15) is 12.2 Å². The summed E-state index contributed by atoms with van der Waals surface area (Å²) in [6.45, 7) is 0.0990. The van der Waals surface area contributed by atoms with Crippen molar-refractivity contribution in [1.82, 2.24) is 15.5 Å². The smallest absolute Gasteiger partial charge is 0.237 e. The zero-order valence-electron chi connectivity index (χ0n) is 7.84. The van der Waals surface area contributed by atoms with E-state index in [0.717, 1.165) is 6.39 Å². The second-order valence-electron chi connectivity index (χ2n) is 2.84. The minimum absolute atomic E-state index is 0.0990. The molecule has 0 saturated carbocycles. The fourth-order valence-electron chi connectivity index (χ4n) is 0.877. The monoisotopic (exact) mass is 213 g/mol. The van der Waals surface area contributed by atoms with E-state index in [2.05, 4.69) is 20.0 Å². The van der Waals surface area contributed by atoms with Gasteiger partial charge in [-0.25, -0.2) is 0 Å². The van der Waals surface area contributed by atoms with Crippen molar-refractivity contribution in [3.8, 4) is 0 Å². The van der Waals surface area contributed by atoms with Crippen LogP contribution in [0.2, 0.25) is 0 Å². The molecule has 1 heterocycles. The molecule has 1 atom stereocenters. The molecular formula is C7H11N5O3. The molecule has 0 aliphatic heterocycles. The molecule has 0 saturated heterocycles. The molecule has 82 valence electrons. The van der Waals surface area contributed by atoms with E-state index < -0.39 is 17.9 Å². The molecule has 8 heteroatoms. The van der Waals surface area contributed by atoms with Gasteiger partial charge in [0, 0.05) is 0 Å². The van der Waals surface area contributed by atoms with Crippen LogP contribution in [0.4, 0.5) is 0 Å². The minimum Gasteiger partial charge on any atom is -0.370 e. The van der Waals surface area contributed by atoms with Gasteiger partial charge in [-0.1, -0.05) is 5.16 Å². The standard InChI is InChI=1S/C7H11N5O3/c8-4(1-5(9)13)7(14)10-2-6-11-3-15-12-6/h3-4H,1-2,8H2,(H2,9,13)(H,10,14). The Bertz CT molecular complexity index is 336. The highest BCUT2D eigenvalue weighted by Crippen LogP contribution is 1.90. The third-order valence-corrected chi connectivity index (χ3v) is 1.59. The van der Waals surface area contributed by atoms with Crippen LogP contribution in [0.5, 0.6) is 0 Å². The number of amides is 2. The van der Waals surface area contributed by atoms with Gasteiger partial charge in [-0.3, -0.25) is 9.59 Å². The van der Waals surface area contributed by atoms with Crippen LogP contribution >= 0.6 is 0 Å². The second-order valence-corrected chi connectivity index (χ2v) is 2.84. The second kappa shape index (κ2) is 5.05. The highest BCUT2D eigenvalue weighted by atomic mass is 16.5. The molecule has 0 radical (unpaired) electrons. The average molecular weight is 213 g/mol. The maximum absolute atomic E-state index is 11.2. The van der Waals surface area contributed by atoms with E-state index in [-0.39, 0.29) is 13.0 Å². The van der Waals surface area contributed by atoms with Gasteiger partial charge in [0.25, 0.3) is 0 Å². The largest absolute Gasteiger partial charge is 0.370 e. The van der Waals surface area contributed by atoms with Crippen molar-refractivity contribution in [2.45, 2.75) is 19.0 Å². The Labute approximate surface area is 85.0 Å². The summed E-state index contributed by atoms with van der Waals surface area (Å²) < 4.78 is 4.45. The molecule has 0 aromatic carbocycles. The van der Waals surface area contributed by atoms with Gasteiger partial charge in [-0.05, 0) is 0 Å². The molecule has 0 fully saturated rings. The van der Waals surface area contributed by atoms with Crippen LogP contribution in [0.3, 0.4) is 0 Å². The van der Waals surface area contributed by atoms with Crippen molar-refractivity contribution in [1.29, 1.82) is 0 Å². The third-order valence-electron chi connectivity index (χ3n) is 1.59. The lowest BCUT2D eigenvalue weighted by Gasteiger charge is -2.08. The van der Waals surface area contributed by atoms with Gasteiger partial charge >= 0.3 is 0 Å². The summed E-state index contributed by atoms with van der Waals surface area (Å²) in [6, 6.07) is -0.950. The Morgan fingerprint density at radius 1 is 1.60 bits per heavy atom. The number of nitrogens with zero attached hydrogens (tertiary/aromatic N) is 2. The summed E-state index contributed by atoms with van der Waals surface area (Å²) in [5.74, 6) is -0.787. The van der Waals surface area contributed by atoms with Crippen LogP contribution < -0.4 is 16.8 Å². The van der Waals surface area contributed by atoms with E-state index in [1.165, 1.54) is 0 Å². The Morgan fingerprint density at radius 2 is 2.33 bits per heavy atom. The summed E-state index contributed by atoms with van der Waals surface area (Å²) in [4.78, 5) is 25.4. The molecule has 1 aromatic rings. The van der Waals surface area contributed by atoms with Crippen molar-refractivity contribution < 1.29 is 14.1 Å². The number of nitrogens with two attached hydrogens (primary N) is 2. The SMILES string of the molecule is NC(=O)CC(N)C(=O)NCc1ncon1. The fourth-order valence-corrected chi connectivity index (χ4v) is 0.877. The molecule has 0 aliphatic rings. The lowest BCUT2D eigenvalue weighted by atomic mass is 10.2. The third kappa shape index (κ3) is 3.73. The molecule has 8 nitrogen and oxygen atoms in total. The maximum atomic E-state index is 11.2. The highest BCUT2D eigenvalue weighted by Gasteiger charge is 2.15. The summed E-state index contributed by atoms with van der Waals surface area (Å²) in [7, 11) is 0. The first-order valence-corrected chi connectivity index (χ1v) is 4.16. The number of rotatable bonds is 5. The van der Waals surface area contributed by atoms with Gasteiger partial charge < -0.3 is 21.3 Å². The topological polar surface area (TPSA) is 137 Å². The molecule has 0 bridgehead atoms. The summed E-state index contributed by atoms with van der Waals surface area (Å²) in [6.07, 6.45) is 0.947. The minimum atomic E-state index is -0.950. The Balaban J connectivity index is 2.32. The Kier molecular flexibility index (Phi) is 3.75. The number of primary amides is 1. The first-order valence-electron chi connectivity index (χ1n) is 4.16. The van der Waals surface area contributed by atoms with Gasteiger partial charge in [0.1, 0.15) is 0 Å². The number of hydrogen-bond donors (Lipinski definition) is 3. The number of hydrogen-bond acceptors (Lipinski definition) is 6. The van der Waals surface area contributed by atoms with E-state index in [4.69, 9.17) is 11.5 Å². The highest BCUT2D eigenvalue weighted by molar-refractivity contribution is 5.87. The molecular weight excluding hydrogens is 202 g/mol. The van der Waals surface area contributed by atoms with Crippen molar-refractivity contribution in [3.05, 3.63) is 12.2 Å². The zero-order chi connectivity index (χ0) is 11.3. The van der Waals surface area contributed by atoms with Crippen molar-refractivity contribution >= 4 is 11.8 Å². The summed E-state index contributed by atoms with van der Waals surface area (Å²) >= 11 is 0. The van der Waals surface area contributed by atoms with Crippen LogP contribution in [0.25, 0.3) is 0 Å². The zero-order valence-corrected chi connectivity index (χ0v) is 7.84. The normalized spacial score (nSPS) is 12.1. The van der Waals surface area contributed by atoms with E-state index >= 15 is 0 Å². The van der Waals surface area contributed by atoms with Gasteiger partial charge in [0.2, 0.25) is 18.2 Å². The van der Waals surface area contributed by atoms with Crippen LogP contribution in [-0.4, -0.2) is 28.0 Å². The first kappa shape index (κ1) is 11.1. The molecule has 0 spiro atoms. The van der Waals surface area contributed by atoms with Gasteiger partial charge in [0.05, 0.1) is 19.0 Å². The van der Waals surface area contributed by atoms with Gasteiger partial charge in [-0.2, -0.15) is 4.98 Å². The summed E-state index contributed by atoms with van der Waals surface area (Å²) in [5.41, 5.74) is 10.3. The first-order chi connectivity index (χ1) is 7.09. The van der Waals surface area contributed by atoms with Crippen LogP contribution in [-0.2, 0) is 16.1 Å². The number of carbonyl (C=O) groups excluding carboxylic acids is 2. The van der Waals surface area contributed by atoms with E-state index in [0.29, 0.717) is 5.82 Å². The van der Waals surface area contributed by atoms with Crippen LogP contribution in [0, 0.1) is 0 Å². The Morgan fingerprint density at radius 3 is 2.87 bits per heavy atom. The number of carbonyl (C=O) groups is 2. The van der Waals surface area contributed by atoms with Crippen molar-refractivity contribution in [2.24, 2.45) is 11.5 Å². The quantitative estimate of drug-likeness (QED) is 0.511. The molecule has 15 heavy (non-hydrogen) atoms. The molecule has 1 unspecified atom stereocenters. The number of aromatic nitrogens is 2. The van der Waals surface area contributed by atoms with Crippen LogP contribution in [0.15, 0.2) is 10.9 Å². The van der Waals surface area contributed by atoms with Crippen molar-refractivity contribution in [2.75, 3.05) is 0 Å². The predicted octanol–water partition coefficient (Wildman–Crippen LogP) is -2.11. The van der Waals surface area contributed by atoms with E-state index in [1.807, 2.05) is 0 Å². The van der Waals surface area contributed by atoms with Gasteiger partial charge in [0.15, 0.2) is 5.82 Å². The molecule has 2 amide bonds. The molecule has 1 aromatic heterocycles. The average Bonchev–Trinajstić information content (AvgIpc) is 2.65.